The van der Waals surface area contributed by atoms with Crippen molar-refractivity contribution in [2.75, 3.05) is 39.8 Å². The summed E-state index contributed by atoms with van der Waals surface area (Å²) in [5.74, 6) is 1.91. The van der Waals surface area contributed by atoms with Crippen LogP contribution < -0.4 is 19.5 Å². The Kier molecular flexibility index (Phi) is 6.62. The topological polar surface area (TPSA) is 91.8 Å². The molecule has 1 aromatic carbocycles. The Balaban J connectivity index is 2.25. The summed E-state index contributed by atoms with van der Waals surface area (Å²) in [4.78, 5) is 19.9. The highest BCUT2D eigenvalue weighted by molar-refractivity contribution is 5.96. The van der Waals surface area contributed by atoms with Crippen molar-refractivity contribution in [2.24, 2.45) is 0 Å². The van der Waals surface area contributed by atoms with E-state index in [1.165, 1.54) is 6.33 Å². The molecule has 8 heteroatoms. The van der Waals surface area contributed by atoms with Gasteiger partial charge in [-0.15, -0.1) is 0 Å². The molecule has 0 radical (unpaired) electrons. The van der Waals surface area contributed by atoms with Gasteiger partial charge in [0, 0.05) is 13.0 Å². The third-order valence-corrected chi connectivity index (χ3v) is 3.59. The van der Waals surface area contributed by atoms with Crippen LogP contribution in [0.5, 0.6) is 17.2 Å². The fourth-order valence-corrected chi connectivity index (χ4v) is 2.48. The number of nitrogens with zero attached hydrogens (tertiary/aromatic N) is 2. The van der Waals surface area contributed by atoms with Gasteiger partial charge in [-0.1, -0.05) is 0 Å². The van der Waals surface area contributed by atoms with Gasteiger partial charge in [0.05, 0.1) is 33.3 Å². The van der Waals surface area contributed by atoms with Crippen molar-refractivity contribution < 1.29 is 23.7 Å². The van der Waals surface area contributed by atoms with E-state index in [1.54, 1.807) is 34.3 Å². The maximum Gasteiger partial charge on any atom is 0.305 e. The van der Waals surface area contributed by atoms with Crippen LogP contribution in [0, 0.1) is 0 Å². The number of fused-ring (bicyclic) bond motifs is 1. The monoisotopic (exact) mass is 349 g/mol. The van der Waals surface area contributed by atoms with Crippen LogP contribution in [0.1, 0.15) is 19.8 Å². The second-order valence-corrected chi connectivity index (χ2v) is 5.10. The number of methoxy groups -OCH3 is 3. The minimum atomic E-state index is -0.204. The molecule has 2 rings (SSSR count). The Hall–Kier alpha value is -2.77. The van der Waals surface area contributed by atoms with Crippen LogP contribution in [0.25, 0.3) is 10.9 Å². The average molecular weight is 349 g/mol. The van der Waals surface area contributed by atoms with E-state index < -0.39 is 0 Å². The lowest BCUT2D eigenvalue weighted by Crippen LogP contribution is -2.09. The number of carbonyl (C=O) groups is 1. The minimum Gasteiger partial charge on any atom is -0.493 e. The number of carbonyl (C=O) groups excluding carboxylic acids is 1. The molecule has 0 amide bonds. The first-order valence-electron chi connectivity index (χ1n) is 7.99. The van der Waals surface area contributed by atoms with Gasteiger partial charge in [-0.2, -0.15) is 0 Å². The van der Waals surface area contributed by atoms with Crippen molar-refractivity contribution >= 4 is 22.7 Å². The van der Waals surface area contributed by atoms with E-state index in [1.807, 2.05) is 0 Å². The van der Waals surface area contributed by atoms with Gasteiger partial charge < -0.3 is 24.3 Å². The van der Waals surface area contributed by atoms with E-state index in [0.29, 0.717) is 54.6 Å². The SMILES string of the molecule is CCOC(=O)CCCNc1ncnc2c(OC)c(OC)c(OC)cc12. The molecule has 0 unspecified atom stereocenters. The maximum atomic E-state index is 11.4. The summed E-state index contributed by atoms with van der Waals surface area (Å²) < 4.78 is 21.1. The molecule has 136 valence electrons. The molecule has 25 heavy (non-hydrogen) atoms. The molecule has 0 aliphatic rings. The molecule has 0 bridgehead atoms. The van der Waals surface area contributed by atoms with Crippen LogP contribution in [0.15, 0.2) is 12.4 Å². The van der Waals surface area contributed by atoms with Crippen LogP contribution in [0.4, 0.5) is 5.82 Å². The molecule has 0 atom stereocenters. The van der Waals surface area contributed by atoms with Gasteiger partial charge >= 0.3 is 5.97 Å². The highest BCUT2D eigenvalue weighted by atomic mass is 16.5. The van der Waals surface area contributed by atoms with Crippen LogP contribution >= 0.6 is 0 Å². The molecule has 1 N–H and O–H groups in total. The van der Waals surface area contributed by atoms with E-state index in [0.717, 1.165) is 5.39 Å². The van der Waals surface area contributed by atoms with Crippen LogP contribution in [-0.2, 0) is 9.53 Å². The first-order chi connectivity index (χ1) is 12.2. The zero-order valence-electron chi connectivity index (χ0n) is 14.9. The summed E-state index contributed by atoms with van der Waals surface area (Å²) in [6, 6.07) is 1.80. The fraction of sp³-hybridized carbons (Fsp3) is 0.471. The number of anilines is 1. The predicted octanol–water partition coefficient (Wildman–Crippen LogP) is 2.41. The Morgan fingerprint density at radius 2 is 1.88 bits per heavy atom. The number of esters is 1. The molecule has 2 aromatic rings. The van der Waals surface area contributed by atoms with Crippen molar-refractivity contribution in [1.82, 2.24) is 9.97 Å². The van der Waals surface area contributed by atoms with Crippen molar-refractivity contribution in [2.45, 2.75) is 19.8 Å². The Bertz CT molecular complexity index is 736. The van der Waals surface area contributed by atoms with Crippen LogP contribution in [-0.4, -0.2) is 50.4 Å². The van der Waals surface area contributed by atoms with Crippen molar-refractivity contribution in [1.29, 1.82) is 0 Å². The molecular weight excluding hydrogens is 326 g/mol. The fourth-order valence-electron chi connectivity index (χ4n) is 2.48. The standard InChI is InChI=1S/C17H23N3O5/c1-5-25-13(21)7-6-8-18-17-11-9-12(22-2)15(23-3)16(24-4)14(11)19-10-20-17/h9-10H,5-8H2,1-4H3,(H,18,19,20). The van der Waals surface area contributed by atoms with Crippen molar-refractivity contribution in [3.05, 3.63) is 12.4 Å². The van der Waals surface area contributed by atoms with Crippen molar-refractivity contribution in [3.8, 4) is 17.2 Å². The number of ether oxygens (including phenoxy) is 4. The summed E-state index contributed by atoms with van der Waals surface area (Å²) in [7, 11) is 4.65. The average Bonchev–Trinajstić information content (AvgIpc) is 2.63. The third-order valence-electron chi connectivity index (χ3n) is 3.59. The van der Waals surface area contributed by atoms with Crippen LogP contribution in [0.2, 0.25) is 0 Å². The number of rotatable bonds is 9. The van der Waals surface area contributed by atoms with Gasteiger partial charge in [0.15, 0.2) is 11.5 Å². The zero-order chi connectivity index (χ0) is 18.2. The summed E-state index contributed by atoms with van der Waals surface area (Å²) in [5, 5.41) is 3.96. The van der Waals surface area contributed by atoms with Gasteiger partial charge in [-0.3, -0.25) is 4.79 Å². The molecule has 0 saturated heterocycles. The summed E-state index contributed by atoms with van der Waals surface area (Å²) in [6.07, 6.45) is 2.43. The molecule has 8 nitrogen and oxygen atoms in total. The maximum absolute atomic E-state index is 11.4. The van der Waals surface area contributed by atoms with Gasteiger partial charge in [0.25, 0.3) is 0 Å². The minimum absolute atomic E-state index is 0.204. The molecule has 0 aliphatic heterocycles. The highest BCUT2D eigenvalue weighted by Gasteiger charge is 2.19. The zero-order valence-corrected chi connectivity index (χ0v) is 14.9. The molecule has 0 saturated carbocycles. The van der Waals surface area contributed by atoms with Gasteiger partial charge in [0.1, 0.15) is 17.7 Å². The Labute approximate surface area is 146 Å². The Morgan fingerprint density at radius 3 is 2.52 bits per heavy atom. The molecular formula is C17H23N3O5. The predicted molar refractivity (Wildman–Crippen MR) is 93.6 cm³/mol. The first kappa shape index (κ1) is 18.6. The van der Waals surface area contributed by atoms with E-state index in [2.05, 4.69) is 15.3 Å². The lowest BCUT2D eigenvalue weighted by atomic mass is 10.1. The molecule has 1 aromatic heterocycles. The largest absolute Gasteiger partial charge is 0.493 e. The van der Waals surface area contributed by atoms with Gasteiger partial charge in [0.2, 0.25) is 5.75 Å². The summed E-state index contributed by atoms with van der Waals surface area (Å²) in [6.45, 7) is 2.75. The molecule has 0 spiro atoms. The lowest BCUT2D eigenvalue weighted by molar-refractivity contribution is -0.143. The quantitative estimate of drug-likeness (QED) is 0.545. The summed E-state index contributed by atoms with van der Waals surface area (Å²) in [5.41, 5.74) is 0.614. The normalized spacial score (nSPS) is 10.4. The number of nitrogens with one attached hydrogen (secondary N) is 1. The second kappa shape index (κ2) is 8.91. The molecule has 0 fully saturated rings. The van der Waals surface area contributed by atoms with E-state index >= 15 is 0 Å². The Morgan fingerprint density at radius 1 is 1.12 bits per heavy atom. The molecule has 1 heterocycles. The number of hydrogen-bond acceptors (Lipinski definition) is 8. The lowest BCUT2D eigenvalue weighted by Gasteiger charge is -2.15. The first-order valence-corrected chi connectivity index (χ1v) is 7.99. The van der Waals surface area contributed by atoms with Crippen molar-refractivity contribution in [3.63, 3.8) is 0 Å². The van der Waals surface area contributed by atoms with E-state index in [9.17, 15) is 4.79 Å². The van der Waals surface area contributed by atoms with E-state index in [-0.39, 0.29) is 5.97 Å². The van der Waals surface area contributed by atoms with E-state index in [4.69, 9.17) is 18.9 Å². The summed E-state index contributed by atoms with van der Waals surface area (Å²) >= 11 is 0. The highest BCUT2D eigenvalue weighted by Crippen LogP contribution is 2.43. The number of benzene rings is 1. The number of hydrogen-bond donors (Lipinski definition) is 1. The third kappa shape index (κ3) is 4.20. The van der Waals surface area contributed by atoms with Crippen LogP contribution in [0.3, 0.4) is 0 Å². The smallest absolute Gasteiger partial charge is 0.305 e. The molecule has 0 aliphatic carbocycles. The second-order valence-electron chi connectivity index (χ2n) is 5.10. The van der Waals surface area contributed by atoms with Gasteiger partial charge in [-0.05, 0) is 19.4 Å². The number of aromatic nitrogens is 2. The van der Waals surface area contributed by atoms with Gasteiger partial charge in [-0.25, -0.2) is 9.97 Å².